The lowest BCUT2D eigenvalue weighted by Crippen LogP contribution is -2.12. The first-order valence-corrected chi connectivity index (χ1v) is 8.70. The summed E-state index contributed by atoms with van der Waals surface area (Å²) in [5.41, 5.74) is 3.00. The van der Waals surface area contributed by atoms with E-state index in [0.29, 0.717) is 11.5 Å². The summed E-state index contributed by atoms with van der Waals surface area (Å²) in [5, 5.41) is 13.8. The number of aliphatic hydroxyl groups excluding tert-OH is 1. The second-order valence-corrected chi connectivity index (χ2v) is 6.06. The molecule has 3 aromatic rings. The number of aromatic nitrogens is 1. The largest absolute Gasteiger partial charge is 0.493 e. The molecular weight excluding hydrogens is 328 g/mol. The minimum Gasteiger partial charge on any atom is -0.493 e. The Bertz CT molecular complexity index is 853. The Morgan fingerprint density at radius 1 is 1.04 bits per heavy atom. The molecule has 0 aliphatic rings. The van der Waals surface area contributed by atoms with E-state index in [1.807, 2.05) is 36.4 Å². The zero-order valence-electron chi connectivity index (χ0n) is 15.1. The molecule has 0 spiro atoms. The van der Waals surface area contributed by atoms with E-state index in [2.05, 4.69) is 22.4 Å². The Balaban J connectivity index is 2.00. The minimum atomic E-state index is 0.0991. The van der Waals surface area contributed by atoms with Crippen molar-refractivity contribution >= 4 is 16.6 Å². The van der Waals surface area contributed by atoms with Crippen molar-refractivity contribution in [2.45, 2.75) is 18.9 Å². The Hall–Kier alpha value is -2.79. The van der Waals surface area contributed by atoms with Crippen LogP contribution in [-0.2, 0) is 0 Å². The van der Waals surface area contributed by atoms with Gasteiger partial charge in [0.25, 0.3) is 0 Å². The number of hydrogen-bond acceptors (Lipinski definition) is 5. The van der Waals surface area contributed by atoms with Gasteiger partial charge in [0.1, 0.15) is 0 Å². The molecule has 0 amide bonds. The van der Waals surface area contributed by atoms with E-state index in [9.17, 15) is 5.11 Å². The number of nitrogens with zero attached hydrogens (tertiary/aromatic N) is 1. The third kappa shape index (κ3) is 3.89. The molecule has 2 aromatic carbocycles. The molecule has 0 saturated heterocycles. The lowest BCUT2D eigenvalue weighted by molar-refractivity contribution is 0.281. The SMILES string of the molecule is COc1cc2nccc(NC(CCCO)c3ccccc3)c2cc1OC. The van der Waals surface area contributed by atoms with Crippen LogP contribution in [0.1, 0.15) is 24.4 Å². The summed E-state index contributed by atoms with van der Waals surface area (Å²) in [7, 11) is 3.24. The average Bonchev–Trinajstić information content (AvgIpc) is 2.70. The molecule has 0 saturated carbocycles. The number of anilines is 1. The Kier molecular flexibility index (Phi) is 5.92. The van der Waals surface area contributed by atoms with Gasteiger partial charge in [-0.15, -0.1) is 0 Å². The minimum absolute atomic E-state index is 0.0991. The highest BCUT2D eigenvalue weighted by atomic mass is 16.5. The predicted octanol–water partition coefficient (Wildman–Crippen LogP) is 4.18. The molecule has 5 nitrogen and oxygen atoms in total. The van der Waals surface area contributed by atoms with Crippen LogP contribution in [0.3, 0.4) is 0 Å². The van der Waals surface area contributed by atoms with Crippen LogP contribution in [0.2, 0.25) is 0 Å². The fraction of sp³-hybridized carbons (Fsp3) is 0.286. The number of benzene rings is 2. The van der Waals surface area contributed by atoms with Crippen molar-refractivity contribution in [1.29, 1.82) is 0 Å². The van der Waals surface area contributed by atoms with Crippen LogP contribution in [-0.4, -0.2) is 30.9 Å². The van der Waals surface area contributed by atoms with Crippen molar-refractivity contribution in [3.05, 3.63) is 60.3 Å². The van der Waals surface area contributed by atoms with E-state index in [0.717, 1.165) is 29.4 Å². The molecule has 5 heteroatoms. The lowest BCUT2D eigenvalue weighted by atomic mass is 10.0. The van der Waals surface area contributed by atoms with Crippen molar-refractivity contribution in [3.63, 3.8) is 0 Å². The normalized spacial score (nSPS) is 12.0. The van der Waals surface area contributed by atoms with Gasteiger partial charge in [-0.3, -0.25) is 4.98 Å². The first kappa shape index (κ1) is 18.0. The van der Waals surface area contributed by atoms with E-state index in [4.69, 9.17) is 9.47 Å². The monoisotopic (exact) mass is 352 g/mol. The number of aliphatic hydroxyl groups is 1. The van der Waals surface area contributed by atoms with Gasteiger partial charge in [0.2, 0.25) is 0 Å². The Morgan fingerprint density at radius 2 is 1.77 bits per heavy atom. The average molecular weight is 352 g/mol. The van der Waals surface area contributed by atoms with Gasteiger partial charge in [-0.2, -0.15) is 0 Å². The zero-order chi connectivity index (χ0) is 18.4. The maximum atomic E-state index is 9.26. The first-order chi connectivity index (χ1) is 12.8. The summed E-state index contributed by atoms with van der Waals surface area (Å²) in [6.07, 6.45) is 3.34. The molecule has 1 unspecified atom stereocenters. The summed E-state index contributed by atoms with van der Waals surface area (Å²) in [6.45, 7) is 0.174. The Labute approximate surface area is 153 Å². The first-order valence-electron chi connectivity index (χ1n) is 8.70. The summed E-state index contributed by atoms with van der Waals surface area (Å²) in [5.74, 6) is 1.33. The maximum absolute atomic E-state index is 9.26. The van der Waals surface area contributed by atoms with Gasteiger partial charge < -0.3 is 19.9 Å². The standard InChI is InChI=1S/C21H24N2O3/c1-25-20-13-16-18(10-11-22-19(16)14-21(20)26-2)23-17(9-6-12-24)15-7-4-3-5-8-15/h3-5,7-8,10-11,13-14,17,24H,6,9,12H2,1-2H3,(H,22,23). The van der Waals surface area contributed by atoms with Crippen LogP contribution in [0.25, 0.3) is 10.9 Å². The molecule has 1 heterocycles. The van der Waals surface area contributed by atoms with Gasteiger partial charge in [-0.25, -0.2) is 0 Å². The fourth-order valence-corrected chi connectivity index (χ4v) is 3.09. The highest BCUT2D eigenvalue weighted by molar-refractivity contribution is 5.93. The topological polar surface area (TPSA) is 63.6 Å². The van der Waals surface area contributed by atoms with E-state index < -0.39 is 0 Å². The van der Waals surface area contributed by atoms with Crippen LogP contribution < -0.4 is 14.8 Å². The van der Waals surface area contributed by atoms with Gasteiger partial charge in [-0.1, -0.05) is 30.3 Å². The number of fused-ring (bicyclic) bond motifs is 1. The molecule has 26 heavy (non-hydrogen) atoms. The van der Waals surface area contributed by atoms with E-state index in [-0.39, 0.29) is 12.6 Å². The molecule has 0 aliphatic heterocycles. The molecular formula is C21H24N2O3. The van der Waals surface area contributed by atoms with Gasteiger partial charge in [0.05, 0.1) is 25.8 Å². The summed E-state index contributed by atoms with van der Waals surface area (Å²) in [4.78, 5) is 4.45. The van der Waals surface area contributed by atoms with Crippen LogP contribution in [0.15, 0.2) is 54.7 Å². The molecule has 0 aliphatic carbocycles. The maximum Gasteiger partial charge on any atom is 0.162 e. The van der Waals surface area contributed by atoms with E-state index >= 15 is 0 Å². The van der Waals surface area contributed by atoms with Crippen molar-refractivity contribution in [3.8, 4) is 11.5 Å². The van der Waals surface area contributed by atoms with Crippen LogP contribution >= 0.6 is 0 Å². The van der Waals surface area contributed by atoms with Crippen LogP contribution in [0, 0.1) is 0 Å². The molecule has 0 fully saturated rings. The number of pyridine rings is 1. The summed E-state index contributed by atoms with van der Waals surface area (Å²) in [6, 6.07) is 16.1. The Morgan fingerprint density at radius 3 is 2.46 bits per heavy atom. The third-order valence-electron chi connectivity index (χ3n) is 4.43. The molecule has 2 N–H and O–H groups in total. The van der Waals surface area contributed by atoms with Crippen molar-refractivity contribution in [2.24, 2.45) is 0 Å². The quantitative estimate of drug-likeness (QED) is 0.637. The van der Waals surface area contributed by atoms with Gasteiger partial charge >= 0.3 is 0 Å². The smallest absolute Gasteiger partial charge is 0.162 e. The molecule has 0 radical (unpaired) electrons. The summed E-state index contributed by atoms with van der Waals surface area (Å²) >= 11 is 0. The number of methoxy groups -OCH3 is 2. The molecule has 3 rings (SSSR count). The molecule has 136 valence electrons. The van der Waals surface area contributed by atoms with Crippen LogP contribution in [0.4, 0.5) is 5.69 Å². The van der Waals surface area contributed by atoms with Crippen LogP contribution in [0.5, 0.6) is 11.5 Å². The number of hydrogen-bond donors (Lipinski definition) is 2. The number of ether oxygens (including phenoxy) is 2. The van der Waals surface area contributed by atoms with Crippen molar-refractivity contribution in [2.75, 3.05) is 26.1 Å². The van der Waals surface area contributed by atoms with Crippen molar-refractivity contribution < 1.29 is 14.6 Å². The highest BCUT2D eigenvalue weighted by Gasteiger charge is 2.14. The second-order valence-electron chi connectivity index (χ2n) is 6.06. The van der Waals surface area contributed by atoms with E-state index in [1.165, 1.54) is 5.56 Å². The zero-order valence-corrected chi connectivity index (χ0v) is 15.1. The lowest BCUT2D eigenvalue weighted by Gasteiger charge is -2.21. The van der Waals surface area contributed by atoms with Gasteiger partial charge in [0, 0.05) is 29.9 Å². The fourth-order valence-electron chi connectivity index (χ4n) is 3.09. The van der Waals surface area contributed by atoms with E-state index in [1.54, 1.807) is 20.4 Å². The number of rotatable bonds is 8. The predicted molar refractivity (Wildman–Crippen MR) is 104 cm³/mol. The molecule has 1 atom stereocenters. The second kappa shape index (κ2) is 8.54. The summed E-state index contributed by atoms with van der Waals surface area (Å²) < 4.78 is 10.8. The van der Waals surface area contributed by atoms with Gasteiger partial charge in [0.15, 0.2) is 11.5 Å². The molecule has 1 aromatic heterocycles. The highest BCUT2D eigenvalue weighted by Crippen LogP contribution is 2.36. The van der Waals surface area contributed by atoms with Crippen molar-refractivity contribution in [1.82, 2.24) is 4.98 Å². The molecule has 0 bridgehead atoms. The number of nitrogens with one attached hydrogen (secondary N) is 1. The third-order valence-corrected chi connectivity index (χ3v) is 4.43. The van der Waals surface area contributed by atoms with Gasteiger partial charge in [-0.05, 0) is 30.5 Å².